The Hall–Kier alpha value is -2.27. The van der Waals surface area contributed by atoms with Crippen LogP contribution in [-0.4, -0.2) is 47.7 Å². The summed E-state index contributed by atoms with van der Waals surface area (Å²) < 4.78 is 53.3. The molecule has 2 N–H and O–H groups in total. The Morgan fingerprint density at radius 2 is 1.63 bits per heavy atom. The third kappa shape index (κ3) is 5.88. The summed E-state index contributed by atoms with van der Waals surface area (Å²) in [6.45, 7) is 3.46. The molecule has 0 aliphatic carbocycles. The molecule has 0 bridgehead atoms. The summed E-state index contributed by atoms with van der Waals surface area (Å²) >= 11 is 0. The number of amides is 1. The molecule has 2 aromatic rings. The van der Waals surface area contributed by atoms with Crippen molar-refractivity contribution >= 4 is 26.0 Å². The monoisotopic (exact) mass is 453 g/mol. The van der Waals surface area contributed by atoms with E-state index in [1.54, 1.807) is 44.2 Å². The number of sulfonamides is 2. The van der Waals surface area contributed by atoms with Crippen molar-refractivity contribution in [2.75, 3.05) is 20.6 Å². The topological polar surface area (TPSA) is 113 Å². The number of carbonyl (C=O) groups is 1. The predicted molar refractivity (Wildman–Crippen MR) is 115 cm³/mol. The van der Waals surface area contributed by atoms with Crippen molar-refractivity contribution in [2.24, 2.45) is 0 Å². The van der Waals surface area contributed by atoms with Gasteiger partial charge in [-0.2, -0.15) is 0 Å². The smallest absolute Gasteiger partial charge is 0.242 e. The van der Waals surface area contributed by atoms with Crippen molar-refractivity contribution in [1.82, 2.24) is 14.3 Å². The van der Waals surface area contributed by atoms with Crippen molar-refractivity contribution in [3.8, 4) is 0 Å². The fourth-order valence-corrected chi connectivity index (χ4v) is 5.23. The summed E-state index contributed by atoms with van der Waals surface area (Å²) in [7, 11) is -4.49. The van der Waals surface area contributed by atoms with Gasteiger partial charge in [-0.15, -0.1) is 0 Å². The molecule has 0 saturated carbocycles. The van der Waals surface area contributed by atoms with E-state index >= 15 is 0 Å². The SMILES string of the molecule is Cc1ccc(C)c(S(=O)(=O)NCCC(=O)NCc2ccccc2S(=O)(=O)N(C)C)c1. The number of nitrogens with zero attached hydrogens (tertiary/aromatic N) is 1. The van der Waals surface area contributed by atoms with Crippen LogP contribution >= 0.6 is 0 Å². The van der Waals surface area contributed by atoms with Crippen molar-refractivity contribution < 1.29 is 21.6 Å². The molecule has 8 nitrogen and oxygen atoms in total. The van der Waals surface area contributed by atoms with Gasteiger partial charge in [-0.25, -0.2) is 25.9 Å². The van der Waals surface area contributed by atoms with Gasteiger partial charge in [0.2, 0.25) is 26.0 Å². The Bertz CT molecular complexity index is 1130. The first-order chi connectivity index (χ1) is 13.9. The van der Waals surface area contributed by atoms with Crippen LogP contribution in [0.2, 0.25) is 0 Å². The van der Waals surface area contributed by atoms with Gasteiger partial charge in [0.05, 0.1) is 9.79 Å². The number of nitrogens with one attached hydrogen (secondary N) is 2. The molecule has 2 aromatic carbocycles. The van der Waals surface area contributed by atoms with E-state index in [1.807, 2.05) is 6.07 Å². The zero-order valence-electron chi connectivity index (χ0n) is 17.5. The lowest BCUT2D eigenvalue weighted by molar-refractivity contribution is -0.121. The first kappa shape index (κ1) is 24.0. The molecule has 0 unspecified atom stereocenters. The van der Waals surface area contributed by atoms with Crippen LogP contribution in [0.15, 0.2) is 52.3 Å². The summed E-state index contributed by atoms with van der Waals surface area (Å²) in [5.41, 5.74) is 1.90. The van der Waals surface area contributed by atoms with E-state index in [9.17, 15) is 21.6 Å². The van der Waals surface area contributed by atoms with E-state index in [0.717, 1.165) is 9.87 Å². The Balaban J connectivity index is 1.96. The van der Waals surface area contributed by atoms with Crippen molar-refractivity contribution in [1.29, 1.82) is 0 Å². The maximum Gasteiger partial charge on any atom is 0.242 e. The fourth-order valence-electron chi connectivity index (χ4n) is 2.75. The number of aryl methyl sites for hydroxylation is 2. The molecular weight excluding hydrogens is 426 g/mol. The Morgan fingerprint density at radius 3 is 2.30 bits per heavy atom. The summed E-state index contributed by atoms with van der Waals surface area (Å²) in [5.74, 6) is -0.393. The molecule has 0 fully saturated rings. The number of carbonyl (C=O) groups excluding carboxylic acids is 1. The molecule has 0 radical (unpaired) electrons. The quantitative estimate of drug-likeness (QED) is 0.598. The Morgan fingerprint density at radius 1 is 0.967 bits per heavy atom. The van der Waals surface area contributed by atoms with Gasteiger partial charge in [-0.1, -0.05) is 30.3 Å². The Labute approximate surface area is 178 Å². The average molecular weight is 454 g/mol. The molecule has 30 heavy (non-hydrogen) atoms. The molecule has 0 spiro atoms. The first-order valence-corrected chi connectivity index (χ1v) is 12.2. The van der Waals surface area contributed by atoms with Crippen LogP contribution in [0.3, 0.4) is 0 Å². The van der Waals surface area contributed by atoms with Gasteiger partial charge in [0.15, 0.2) is 0 Å². The minimum Gasteiger partial charge on any atom is -0.352 e. The van der Waals surface area contributed by atoms with E-state index in [2.05, 4.69) is 10.0 Å². The summed E-state index contributed by atoms with van der Waals surface area (Å²) in [4.78, 5) is 12.5. The normalized spacial score (nSPS) is 12.2. The molecule has 2 rings (SSSR count). The number of benzene rings is 2. The van der Waals surface area contributed by atoms with Crippen molar-refractivity contribution in [2.45, 2.75) is 36.6 Å². The molecule has 0 heterocycles. The standard InChI is InChI=1S/C20H27N3O5S2/c1-15-9-10-16(2)19(13-15)29(25,26)22-12-11-20(24)21-14-17-7-5-6-8-18(17)30(27,28)23(3)4/h5-10,13,22H,11-12,14H2,1-4H3,(H,21,24). The van der Waals surface area contributed by atoms with Gasteiger partial charge in [0, 0.05) is 33.6 Å². The summed E-state index contributed by atoms with van der Waals surface area (Å²) in [5, 5.41) is 2.64. The predicted octanol–water partition coefficient (Wildman–Crippen LogP) is 1.54. The van der Waals surface area contributed by atoms with Gasteiger partial charge in [0.25, 0.3) is 0 Å². The maximum atomic E-state index is 12.5. The minimum atomic E-state index is -3.73. The van der Waals surface area contributed by atoms with Gasteiger partial charge in [-0.3, -0.25) is 4.79 Å². The minimum absolute atomic E-state index is 0.0197. The number of rotatable bonds is 9. The maximum absolute atomic E-state index is 12.5. The second-order valence-electron chi connectivity index (χ2n) is 7.09. The third-order valence-electron chi connectivity index (χ3n) is 4.48. The lowest BCUT2D eigenvalue weighted by atomic mass is 10.2. The van der Waals surface area contributed by atoms with E-state index in [-0.39, 0.29) is 29.3 Å². The van der Waals surface area contributed by atoms with Crippen LogP contribution in [-0.2, 0) is 31.4 Å². The highest BCUT2D eigenvalue weighted by atomic mass is 32.2. The third-order valence-corrected chi connectivity index (χ3v) is 8.00. The van der Waals surface area contributed by atoms with Crippen LogP contribution in [0.4, 0.5) is 0 Å². The number of hydrogen-bond donors (Lipinski definition) is 2. The molecule has 164 valence electrons. The highest BCUT2D eigenvalue weighted by molar-refractivity contribution is 7.89. The van der Waals surface area contributed by atoms with Crippen LogP contribution in [0, 0.1) is 13.8 Å². The molecule has 0 aliphatic heterocycles. The second-order valence-corrected chi connectivity index (χ2v) is 10.9. The van der Waals surface area contributed by atoms with Gasteiger partial charge in [0.1, 0.15) is 0 Å². The van der Waals surface area contributed by atoms with Crippen molar-refractivity contribution in [3.05, 3.63) is 59.2 Å². The molecule has 0 aromatic heterocycles. The van der Waals surface area contributed by atoms with Crippen LogP contribution < -0.4 is 10.0 Å². The van der Waals surface area contributed by atoms with Crippen LogP contribution in [0.1, 0.15) is 23.1 Å². The zero-order chi connectivity index (χ0) is 22.5. The fraction of sp³-hybridized carbons (Fsp3) is 0.350. The first-order valence-electron chi connectivity index (χ1n) is 9.29. The van der Waals surface area contributed by atoms with Gasteiger partial charge >= 0.3 is 0 Å². The molecular formula is C20H27N3O5S2. The zero-order valence-corrected chi connectivity index (χ0v) is 19.1. The van der Waals surface area contributed by atoms with Gasteiger partial charge in [-0.05, 0) is 42.7 Å². The van der Waals surface area contributed by atoms with E-state index in [1.165, 1.54) is 20.2 Å². The summed E-state index contributed by atoms with van der Waals surface area (Å²) in [6.07, 6.45) is -0.0767. The van der Waals surface area contributed by atoms with Crippen molar-refractivity contribution in [3.63, 3.8) is 0 Å². The lowest BCUT2D eigenvalue weighted by Gasteiger charge is -2.15. The highest BCUT2D eigenvalue weighted by Crippen LogP contribution is 2.18. The lowest BCUT2D eigenvalue weighted by Crippen LogP contribution is -2.31. The van der Waals surface area contributed by atoms with E-state index in [4.69, 9.17) is 0 Å². The molecule has 10 heteroatoms. The number of hydrogen-bond acceptors (Lipinski definition) is 5. The molecule has 1 amide bonds. The van der Waals surface area contributed by atoms with E-state index in [0.29, 0.717) is 11.1 Å². The second kappa shape index (κ2) is 9.69. The van der Waals surface area contributed by atoms with Crippen LogP contribution in [0.5, 0.6) is 0 Å². The molecule has 0 aliphatic rings. The van der Waals surface area contributed by atoms with E-state index < -0.39 is 26.0 Å². The van der Waals surface area contributed by atoms with Crippen LogP contribution in [0.25, 0.3) is 0 Å². The molecule has 0 saturated heterocycles. The van der Waals surface area contributed by atoms with Gasteiger partial charge < -0.3 is 5.32 Å². The Kier molecular flexibility index (Phi) is 7.75. The highest BCUT2D eigenvalue weighted by Gasteiger charge is 2.21. The average Bonchev–Trinajstić information content (AvgIpc) is 2.68. The molecule has 0 atom stereocenters. The largest absolute Gasteiger partial charge is 0.352 e. The summed E-state index contributed by atoms with van der Waals surface area (Å²) in [6, 6.07) is 11.6.